The number of aromatic nitrogens is 3. The number of hydrogen-bond acceptors (Lipinski definition) is 4. The molecule has 4 aromatic rings. The van der Waals surface area contributed by atoms with E-state index in [-0.39, 0.29) is 11.7 Å². The van der Waals surface area contributed by atoms with Crippen LogP contribution in [0.4, 0.5) is 5.69 Å². The minimum Gasteiger partial charge on any atom is -0.325 e. The number of nitrogens with zero attached hydrogens (tertiary/aromatic N) is 3. The van der Waals surface area contributed by atoms with Crippen molar-refractivity contribution in [2.24, 2.45) is 0 Å². The van der Waals surface area contributed by atoms with Gasteiger partial charge in [-0.1, -0.05) is 67.5 Å². The van der Waals surface area contributed by atoms with Gasteiger partial charge in [0, 0.05) is 22.0 Å². The Balaban J connectivity index is 1.60. The fourth-order valence-electron chi connectivity index (χ4n) is 3.53. The summed E-state index contributed by atoms with van der Waals surface area (Å²) in [4.78, 5) is 12.7. The van der Waals surface area contributed by atoms with Crippen LogP contribution in [0.5, 0.6) is 0 Å². The van der Waals surface area contributed by atoms with Crippen molar-refractivity contribution in [1.82, 2.24) is 14.8 Å². The summed E-state index contributed by atoms with van der Waals surface area (Å²) < 4.78 is 1.99. The molecule has 0 saturated heterocycles. The Kier molecular flexibility index (Phi) is 7.47. The highest BCUT2D eigenvalue weighted by Crippen LogP contribution is 2.29. The van der Waals surface area contributed by atoms with Crippen molar-refractivity contribution in [3.05, 3.63) is 88.9 Å². The fraction of sp³-hybridized carbons (Fsp3) is 0.192. The number of benzene rings is 3. The summed E-state index contributed by atoms with van der Waals surface area (Å²) in [6, 6.07) is 23.7. The first-order valence-electron chi connectivity index (χ1n) is 10.9. The third-order valence-corrected chi connectivity index (χ3v) is 6.52. The molecule has 0 bridgehead atoms. The molecule has 1 aromatic heterocycles. The van der Waals surface area contributed by atoms with Crippen LogP contribution in [0, 0.1) is 0 Å². The Hall–Kier alpha value is -3.09. The summed E-state index contributed by atoms with van der Waals surface area (Å²) in [5.74, 6) is 0.851. The zero-order valence-electron chi connectivity index (χ0n) is 18.6. The van der Waals surface area contributed by atoms with E-state index in [1.165, 1.54) is 17.3 Å². The van der Waals surface area contributed by atoms with Gasteiger partial charge in [0.05, 0.1) is 5.75 Å². The van der Waals surface area contributed by atoms with Crippen molar-refractivity contribution in [1.29, 1.82) is 0 Å². The lowest BCUT2D eigenvalue weighted by atomic mass is 10.1. The van der Waals surface area contributed by atoms with Crippen LogP contribution in [-0.2, 0) is 17.6 Å². The number of amides is 1. The molecule has 0 spiro atoms. The third-order valence-electron chi connectivity index (χ3n) is 5.34. The van der Waals surface area contributed by atoms with E-state index >= 15 is 0 Å². The van der Waals surface area contributed by atoms with Crippen LogP contribution < -0.4 is 5.32 Å². The number of rotatable bonds is 8. The summed E-state index contributed by atoms with van der Waals surface area (Å²) in [5.41, 5.74) is 5.06. The van der Waals surface area contributed by atoms with Gasteiger partial charge in [0.2, 0.25) is 5.91 Å². The third kappa shape index (κ3) is 5.46. The lowest BCUT2D eigenvalue weighted by Gasteiger charge is -2.12. The summed E-state index contributed by atoms with van der Waals surface area (Å²) in [7, 11) is 0. The molecule has 7 heteroatoms. The highest BCUT2D eigenvalue weighted by Gasteiger charge is 2.18. The van der Waals surface area contributed by atoms with Crippen molar-refractivity contribution in [3.8, 4) is 17.1 Å². The Morgan fingerprint density at radius 3 is 2.36 bits per heavy atom. The SMILES string of the molecule is CCc1ccc(-n2c(SCC(=O)Nc3ccccc3CC)nnc2-c2ccc(Cl)cc2)cc1. The molecule has 5 nitrogen and oxygen atoms in total. The molecule has 0 fully saturated rings. The van der Waals surface area contributed by atoms with Crippen LogP contribution in [0.3, 0.4) is 0 Å². The van der Waals surface area contributed by atoms with E-state index in [4.69, 9.17) is 11.6 Å². The van der Waals surface area contributed by atoms with Crippen LogP contribution in [-0.4, -0.2) is 26.4 Å². The minimum absolute atomic E-state index is 0.0789. The van der Waals surface area contributed by atoms with Gasteiger partial charge in [0.1, 0.15) is 0 Å². The van der Waals surface area contributed by atoms with Gasteiger partial charge in [-0.15, -0.1) is 10.2 Å². The van der Waals surface area contributed by atoms with E-state index in [9.17, 15) is 4.79 Å². The number of thioether (sulfide) groups is 1. The lowest BCUT2D eigenvalue weighted by molar-refractivity contribution is -0.113. The second-order valence-electron chi connectivity index (χ2n) is 7.52. The van der Waals surface area contributed by atoms with Crippen LogP contribution in [0.2, 0.25) is 5.02 Å². The highest BCUT2D eigenvalue weighted by atomic mass is 35.5. The quantitative estimate of drug-likeness (QED) is 0.297. The van der Waals surface area contributed by atoms with E-state index in [0.29, 0.717) is 16.0 Å². The number of halogens is 1. The van der Waals surface area contributed by atoms with Gasteiger partial charge >= 0.3 is 0 Å². The van der Waals surface area contributed by atoms with Crippen LogP contribution >= 0.6 is 23.4 Å². The number of anilines is 1. The van der Waals surface area contributed by atoms with E-state index < -0.39 is 0 Å². The Morgan fingerprint density at radius 2 is 1.67 bits per heavy atom. The molecule has 1 amide bonds. The molecule has 33 heavy (non-hydrogen) atoms. The van der Waals surface area contributed by atoms with Gasteiger partial charge in [0.25, 0.3) is 0 Å². The normalized spacial score (nSPS) is 10.9. The second-order valence-corrected chi connectivity index (χ2v) is 8.89. The van der Waals surface area contributed by atoms with Crippen molar-refractivity contribution >= 4 is 35.0 Å². The van der Waals surface area contributed by atoms with Gasteiger partial charge in [-0.05, 0) is 66.4 Å². The van der Waals surface area contributed by atoms with Crippen LogP contribution in [0.1, 0.15) is 25.0 Å². The van der Waals surface area contributed by atoms with E-state index in [2.05, 4.69) is 53.6 Å². The smallest absolute Gasteiger partial charge is 0.234 e. The van der Waals surface area contributed by atoms with E-state index in [0.717, 1.165) is 35.3 Å². The van der Waals surface area contributed by atoms with Crippen molar-refractivity contribution in [2.75, 3.05) is 11.1 Å². The maximum absolute atomic E-state index is 12.7. The van der Waals surface area contributed by atoms with Crippen LogP contribution in [0.25, 0.3) is 17.1 Å². The van der Waals surface area contributed by atoms with Gasteiger partial charge < -0.3 is 5.32 Å². The van der Waals surface area contributed by atoms with Gasteiger partial charge in [-0.2, -0.15) is 0 Å². The number of carbonyl (C=O) groups excluding carboxylic acids is 1. The van der Waals surface area contributed by atoms with E-state index in [1.807, 2.05) is 53.1 Å². The largest absolute Gasteiger partial charge is 0.325 e. The molecule has 0 aliphatic rings. The second kappa shape index (κ2) is 10.7. The van der Waals surface area contributed by atoms with Crippen molar-refractivity contribution in [2.45, 2.75) is 31.8 Å². The zero-order valence-corrected chi connectivity index (χ0v) is 20.2. The first kappa shape index (κ1) is 23.1. The molecular formula is C26H25ClN4OS. The average molecular weight is 477 g/mol. The molecule has 0 aliphatic heterocycles. The van der Waals surface area contributed by atoms with Crippen molar-refractivity contribution < 1.29 is 4.79 Å². The zero-order chi connectivity index (χ0) is 23.2. The number of aryl methyl sites for hydroxylation is 2. The molecule has 0 atom stereocenters. The number of para-hydroxylation sites is 1. The number of nitrogens with one attached hydrogen (secondary N) is 1. The average Bonchev–Trinajstić information content (AvgIpc) is 3.27. The summed E-state index contributed by atoms with van der Waals surface area (Å²) in [6.45, 7) is 4.20. The number of hydrogen-bond donors (Lipinski definition) is 1. The molecule has 1 heterocycles. The van der Waals surface area contributed by atoms with Gasteiger partial charge in [0.15, 0.2) is 11.0 Å². The molecule has 0 radical (unpaired) electrons. The standard InChI is InChI=1S/C26H25ClN4OS/c1-3-18-9-15-22(16-10-18)31-25(20-11-13-21(27)14-12-20)29-30-26(31)33-17-24(32)28-23-8-6-5-7-19(23)4-2/h5-16H,3-4,17H2,1-2H3,(H,28,32). The predicted molar refractivity (Wildman–Crippen MR) is 136 cm³/mol. The Labute approximate surface area is 203 Å². The molecule has 4 rings (SSSR count). The monoisotopic (exact) mass is 476 g/mol. The molecule has 3 aromatic carbocycles. The summed E-state index contributed by atoms with van der Waals surface area (Å²) >= 11 is 7.44. The molecule has 0 saturated carbocycles. The minimum atomic E-state index is -0.0789. The maximum Gasteiger partial charge on any atom is 0.234 e. The summed E-state index contributed by atoms with van der Waals surface area (Å²) in [5, 5.41) is 13.2. The first-order valence-corrected chi connectivity index (χ1v) is 12.3. The van der Waals surface area contributed by atoms with E-state index in [1.54, 1.807) is 0 Å². The molecule has 0 unspecified atom stereocenters. The van der Waals surface area contributed by atoms with Gasteiger partial charge in [-0.25, -0.2) is 0 Å². The molecular weight excluding hydrogens is 452 g/mol. The Morgan fingerprint density at radius 1 is 0.939 bits per heavy atom. The maximum atomic E-state index is 12.7. The van der Waals surface area contributed by atoms with Crippen molar-refractivity contribution in [3.63, 3.8) is 0 Å². The number of carbonyl (C=O) groups is 1. The summed E-state index contributed by atoms with van der Waals surface area (Å²) in [6.07, 6.45) is 1.82. The van der Waals surface area contributed by atoms with Crippen LogP contribution in [0.15, 0.2) is 78.0 Å². The predicted octanol–water partition coefficient (Wildman–Crippen LogP) is 6.44. The lowest BCUT2D eigenvalue weighted by Crippen LogP contribution is -2.15. The highest BCUT2D eigenvalue weighted by molar-refractivity contribution is 7.99. The molecule has 168 valence electrons. The fourth-order valence-corrected chi connectivity index (χ4v) is 4.41. The Bertz CT molecular complexity index is 1240. The molecule has 0 aliphatic carbocycles. The van der Waals surface area contributed by atoms with Gasteiger partial charge in [-0.3, -0.25) is 9.36 Å². The first-order chi connectivity index (χ1) is 16.1. The molecule has 1 N–H and O–H groups in total. The topological polar surface area (TPSA) is 59.8 Å².